The summed E-state index contributed by atoms with van der Waals surface area (Å²) in [4.78, 5) is 25.1. The lowest BCUT2D eigenvalue weighted by molar-refractivity contribution is -0.113. The standard InChI is InChI=1S/C12H10FIN2O3S/c13-7-1-10-8(15-11(17)5-20-10)2-9(7)16-4-6(3-14)19-12(16)18/h1-2,6H,3-5H2,(H,15,17). The van der Waals surface area contributed by atoms with E-state index in [9.17, 15) is 14.0 Å². The van der Waals surface area contributed by atoms with Gasteiger partial charge in [-0.3, -0.25) is 9.69 Å². The zero-order chi connectivity index (χ0) is 14.3. The first-order valence-corrected chi connectivity index (χ1v) is 8.40. The number of cyclic esters (lactones) is 1. The van der Waals surface area contributed by atoms with Crippen molar-refractivity contribution in [1.82, 2.24) is 0 Å². The van der Waals surface area contributed by atoms with Crippen LogP contribution in [-0.2, 0) is 9.53 Å². The van der Waals surface area contributed by atoms with Gasteiger partial charge >= 0.3 is 6.09 Å². The van der Waals surface area contributed by atoms with Crippen LogP contribution in [0.25, 0.3) is 0 Å². The number of halogens is 2. The molecule has 1 aromatic rings. The summed E-state index contributed by atoms with van der Waals surface area (Å²) in [5.41, 5.74) is 0.678. The number of hydrogen-bond donors (Lipinski definition) is 1. The van der Waals surface area contributed by atoms with E-state index in [1.54, 1.807) is 0 Å². The predicted octanol–water partition coefficient (Wildman–Crippen LogP) is 2.63. The first-order chi connectivity index (χ1) is 9.58. The summed E-state index contributed by atoms with van der Waals surface area (Å²) in [6, 6.07) is 2.84. The predicted molar refractivity (Wildman–Crippen MR) is 82.3 cm³/mol. The Morgan fingerprint density at radius 2 is 2.30 bits per heavy atom. The highest BCUT2D eigenvalue weighted by Gasteiger charge is 2.34. The minimum atomic E-state index is -0.555. The van der Waals surface area contributed by atoms with Crippen LogP contribution in [0.2, 0.25) is 0 Å². The summed E-state index contributed by atoms with van der Waals surface area (Å²) in [5.74, 6) is -0.346. The normalized spacial score (nSPS) is 21.5. The zero-order valence-corrected chi connectivity index (χ0v) is 13.2. The molecule has 1 atom stereocenters. The van der Waals surface area contributed by atoms with Crippen molar-refractivity contribution in [3.05, 3.63) is 17.9 Å². The maximum absolute atomic E-state index is 14.2. The molecule has 0 spiro atoms. The quantitative estimate of drug-likeness (QED) is 0.604. The van der Waals surface area contributed by atoms with Crippen molar-refractivity contribution < 1.29 is 18.7 Å². The van der Waals surface area contributed by atoms with Crippen LogP contribution in [0.15, 0.2) is 17.0 Å². The Bertz CT molecular complexity index is 598. The molecule has 8 heteroatoms. The first-order valence-electron chi connectivity index (χ1n) is 5.89. The van der Waals surface area contributed by atoms with Gasteiger partial charge in [-0.25, -0.2) is 9.18 Å². The number of amides is 2. The van der Waals surface area contributed by atoms with Gasteiger partial charge in [0.2, 0.25) is 5.91 Å². The lowest BCUT2D eigenvalue weighted by atomic mass is 10.2. The highest BCUT2D eigenvalue weighted by molar-refractivity contribution is 14.1. The lowest BCUT2D eigenvalue weighted by Gasteiger charge is -2.20. The van der Waals surface area contributed by atoms with Gasteiger partial charge < -0.3 is 10.1 Å². The minimum Gasteiger partial charge on any atom is -0.443 e. The summed E-state index contributed by atoms with van der Waals surface area (Å²) >= 11 is 3.40. The van der Waals surface area contributed by atoms with Crippen LogP contribution in [0.5, 0.6) is 0 Å². The van der Waals surface area contributed by atoms with Crippen LogP contribution >= 0.6 is 34.4 Å². The molecule has 20 heavy (non-hydrogen) atoms. The third-order valence-electron chi connectivity index (χ3n) is 3.02. The van der Waals surface area contributed by atoms with Crippen molar-refractivity contribution in [2.75, 3.05) is 26.9 Å². The topological polar surface area (TPSA) is 58.6 Å². The van der Waals surface area contributed by atoms with Crippen molar-refractivity contribution >= 4 is 57.7 Å². The van der Waals surface area contributed by atoms with E-state index in [2.05, 4.69) is 27.9 Å². The molecular weight excluding hydrogens is 398 g/mol. The second kappa shape index (κ2) is 5.40. The lowest BCUT2D eigenvalue weighted by Crippen LogP contribution is -2.27. The van der Waals surface area contributed by atoms with Gasteiger partial charge in [0.1, 0.15) is 11.9 Å². The molecule has 1 N–H and O–H groups in total. The number of carbonyl (C=O) groups is 2. The zero-order valence-electron chi connectivity index (χ0n) is 10.2. The Morgan fingerprint density at radius 1 is 1.50 bits per heavy atom. The number of rotatable bonds is 2. The molecule has 0 aromatic heterocycles. The van der Waals surface area contributed by atoms with Crippen LogP contribution in [0.1, 0.15) is 0 Å². The SMILES string of the molecule is O=C1CSc2cc(F)c(N3CC(CI)OC3=O)cc2N1. The van der Waals surface area contributed by atoms with Gasteiger partial charge in [0.25, 0.3) is 0 Å². The van der Waals surface area contributed by atoms with Gasteiger partial charge in [-0.2, -0.15) is 0 Å². The third kappa shape index (κ3) is 2.46. The van der Waals surface area contributed by atoms with Gasteiger partial charge in [-0.05, 0) is 12.1 Å². The fraction of sp³-hybridized carbons (Fsp3) is 0.333. The van der Waals surface area contributed by atoms with Crippen molar-refractivity contribution in [2.24, 2.45) is 0 Å². The highest BCUT2D eigenvalue weighted by Crippen LogP contribution is 2.37. The van der Waals surface area contributed by atoms with Crippen LogP contribution in [-0.4, -0.2) is 34.8 Å². The van der Waals surface area contributed by atoms with Crippen LogP contribution in [0, 0.1) is 5.82 Å². The number of carbonyl (C=O) groups excluding carboxylic acids is 2. The Balaban J connectivity index is 1.96. The molecule has 2 aliphatic heterocycles. The largest absolute Gasteiger partial charge is 0.443 e. The van der Waals surface area contributed by atoms with Crippen molar-refractivity contribution in [2.45, 2.75) is 11.0 Å². The van der Waals surface area contributed by atoms with E-state index in [0.29, 0.717) is 21.6 Å². The number of fused-ring (bicyclic) bond motifs is 1. The van der Waals surface area contributed by atoms with E-state index in [1.165, 1.54) is 28.8 Å². The number of thioether (sulfide) groups is 1. The molecule has 0 saturated carbocycles. The van der Waals surface area contributed by atoms with E-state index in [-0.39, 0.29) is 23.5 Å². The smallest absolute Gasteiger partial charge is 0.414 e. The van der Waals surface area contributed by atoms with Crippen LogP contribution in [0.4, 0.5) is 20.6 Å². The number of hydrogen-bond acceptors (Lipinski definition) is 4. The Hall–Kier alpha value is -1.03. The molecule has 0 radical (unpaired) electrons. The molecule has 1 unspecified atom stereocenters. The first kappa shape index (κ1) is 13.9. The third-order valence-corrected chi connectivity index (χ3v) is 5.06. The summed E-state index contributed by atoms with van der Waals surface area (Å²) in [5, 5.41) is 2.68. The Labute approximate surface area is 132 Å². The fourth-order valence-corrected chi connectivity index (χ4v) is 3.37. The Morgan fingerprint density at radius 3 is 3.00 bits per heavy atom. The summed E-state index contributed by atoms with van der Waals surface area (Å²) in [7, 11) is 0. The second-order valence-corrected chi connectivity index (χ2v) is 6.31. The van der Waals surface area contributed by atoms with Crippen LogP contribution < -0.4 is 10.2 Å². The maximum atomic E-state index is 14.2. The summed E-state index contributed by atoms with van der Waals surface area (Å²) in [6.45, 7) is 0.318. The molecule has 0 aliphatic carbocycles. The second-order valence-electron chi connectivity index (χ2n) is 4.41. The molecule has 2 amide bonds. The number of anilines is 2. The molecule has 1 saturated heterocycles. The van der Waals surface area contributed by atoms with Gasteiger partial charge in [-0.15, -0.1) is 11.8 Å². The molecule has 2 heterocycles. The summed E-state index contributed by atoms with van der Waals surface area (Å²) < 4.78 is 19.9. The molecule has 0 bridgehead atoms. The van der Waals surface area contributed by atoms with Gasteiger partial charge in [-0.1, -0.05) is 22.6 Å². The van der Waals surface area contributed by atoms with E-state index in [0.717, 1.165) is 0 Å². The van der Waals surface area contributed by atoms with Crippen molar-refractivity contribution in [3.8, 4) is 0 Å². The average Bonchev–Trinajstić information content (AvgIpc) is 2.79. The van der Waals surface area contributed by atoms with E-state index >= 15 is 0 Å². The van der Waals surface area contributed by atoms with Crippen molar-refractivity contribution in [1.29, 1.82) is 0 Å². The molecule has 5 nitrogen and oxygen atoms in total. The molecule has 106 valence electrons. The number of alkyl halides is 1. The Kier molecular flexibility index (Phi) is 3.76. The maximum Gasteiger partial charge on any atom is 0.414 e. The molecular formula is C12H10FIN2O3S. The minimum absolute atomic E-state index is 0.130. The van der Waals surface area contributed by atoms with E-state index in [4.69, 9.17) is 4.74 Å². The monoisotopic (exact) mass is 408 g/mol. The number of ether oxygens (including phenoxy) is 1. The van der Waals surface area contributed by atoms with Gasteiger partial charge in [0.05, 0.1) is 23.7 Å². The number of nitrogens with zero attached hydrogens (tertiary/aromatic N) is 1. The van der Waals surface area contributed by atoms with Gasteiger partial charge in [0.15, 0.2) is 0 Å². The fourth-order valence-electron chi connectivity index (χ4n) is 2.10. The number of benzene rings is 1. The van der Waals surface area contributed by atoms with Gasteiger partial charge in [0, 0.05) is 9.32 Å². The average molecular weight is 408 g/mol. The summed E-state index contributed by atoms with van der Waals surface area (Å²) in [6.07, 6.45) is -0.789. The van der Waals surface area contributed by atoms with E-state index < -0.39 is 11.9 Å². The molecule has 1 aromatic carbocycles. The van der Waals surface area contributed by atoms with Crippen LogP contribution in [0.3, 0.4) is 0 Å². The highest BCUT2D eigenvalue weighted by atomic mass is 127. The molecule has 3 rings (SSSR count). The van der Waals surface area contributed by atoms with E-state index in [1.807, 2.05) is 0 Å². The van der Waals surface area contributed by atoms with Crippen molar-refractivity contribution in [3.63, 3.8) is 0 Å². The number of nitrogens with one attached hydrogen (secondary N) is 1. The molecule has 1 fully saturated rings. The molecule has 2 aliphatic rings.